The summed E-state index contributed by atoms with van der Waals surface area (Å²) in [4.78, 5) is 48.9. The normalized spacial score (nSPS) is 11.9. The molecule has 2 N–H and O–H groups in total. The van der Waals surface area contributed by atoms with Crippen LogP contribution in [0.15, 0.2) is 62.0 Å². The van der Waals surface area contributed by atoms with Crippen LogP contribution < -0.4 is 27.1 Å². The van der Waals surface area contributed by atoms with Gasteiger partial charge >= 0.3 is 11.4 Å². The molecule has 10 nitrogen and oxygen atoms in total. The molecule has 12 heteroatoms. The van der Waals surface area contributed by atoms with E-state index in [2.05, 4.69) is 20.3 Å². The molecule has 0 saturated heterocycles. The lowest BCUT2D eigenvalue weighted by atomic mass is 10.2. The fraction of sp³-hybridized carbons (Fsp3) is 0.320. The van der Waals surface area contributed by atoms with Crippen molar-refractivity contribution in [1.29, 1.82) is 0 Å². The summed E-state index contributed by atoms with van der Waals surface area (Å²) < 4.78 is 22.1. The first-order chi connectivity index (χ1) is 17.7. The summed E-state index contributed by atoms with van der Waals surface area (Å²) in [6.45, 7) is 3.69. The predicted octanol–water partition coefficient (Wildman–Crippen LogP) is 2.41. The molecule has 0 unspecified atom stereocenters. The third-order valence-corrected chi connectivity index (χ3v) is 5.34. The molecule has 0 aliphatic carbocycles. The molecule has 0 bridgehead atoms. The number of aromatic amines is 1. The third-order valence-electron chi connectivity index (χ3n) is 5.08. The molecule has 3 aromatic rings. The number of nitrogens with zero attached hydrogens (tertiary/aromatic N) is 4. The minimum Gasteiger partial charge on any atom is -0.488 e. The Kier molecular flexibility index (Phi) is 9.56. The number of rotatable bonds is 10. The number of carbonyl (C=O) groups is 1. The van der Waals surface area contributed by atoms with Gasteiger partial charge in [-0.25, -0.2) is 23.5 Å². The van der Waals surface area contributed by atoms with Gasteiger partial charge in [0.2, 0.25) is 11.5 Å². The van der Waals surface area contributed by atoms with E-state index >= 15 is 0 Å². The van der Waals surface area contributed by atoms with Crippen LogP contribution in [-0.4, -0.2) is 45.9 Å². The highest BCUT2D eigenvalue weighted by Crippen LogP contribution is 2.23. The minimum atomic E-state index is -0.751. The van der Waals surface area contributed by atoms with Crippen LogP contribution in [0, 0.1) is 5.82 Å². The Morgan fingerprint density at radius 2 is 1.92 bits per heavy atom. The number of aliphatic imine (C=N–C) groups is 1. The van der Waals surface area contributed by atoms with E-state index in [4.69, 9.17) is 16.3 Å². The maximum absolute atomic E-state index is 14.5. The Bertz CT molecular complexity index is 1460. The minimum absolute atomic E-state index is 0.0435. The van der Waals surface area contributed by atoms with Crippen molar-refractivity contribution in [2.24, 2.45) is 9.98 Å². The lowest BCUT2D eigenvalue weighted by Gasteiger charge is -2.12. The van der Waals surface area contributed by atoms with Crippen molar-refractivity contribution in [2.75, 3.05) is 13.6 Å². The van der Waals surface area contributed by atoms with E-state index < -0.39 is 17.2 Å². The SMILES string of the molecule is C/N=C\CNC(=O)CCn1c(=O)[nH]/c(=N\c2ccc(OC(C)C)c(F)c2)n(Cc2ccc(Cl)cc2)c1=O. The molecular weight excluding hydrogens is 503 g/mol. The highest BCUT2D eigenvalue weighted by molar-refractivity contribution is 6.30. The van der Waals surface area contributed by atoms with Crippen LogP contribution in [0.4, 0.5) is 10.1 Å². The zero-order chi connectivity index (χ0) is 26.9. The molecule has 1 heterocycles. The Morgan fingerprint density at radius 3 is 2.57 bits per heavy atom. The van der Waals surface area contributed by atoms with E-state index in [-0.39, 0.29) is 55.1 Å². The van der Waals surface area contributed by atoms with Gasteiger partial charge in [0.15, 0.2) is 11.6 Å². The van der Waals surface area contributed by atoms with Crippen molar-refractivity contribution < 1.29 is 13.9 Å². The molecule has 0 spiro atoms. The fourth-order valence-corrected chi connectivity index (χ4v) is 3.46. The molecule has 0 aliphatic heterocycles. The van der Waals surface area contributed by atoms with E-state index in [9.17, 15) is 18.8 Å². The zero-order valence-electron chi connectivity index (χ0n) is 20.7. The number of carbonyl (C=O) groups excluding carboxylic acids is 1. The monoisotopic (exact) mass is 530 g/mol. The summed E-state index contributed by atoms with van der Waals surface area (Å²) in [6, 6.07) is 10.9. The molecule has 196 valence electrons. The highest BCUT2D eigenvalue weighted by atomic mass is 35.5. The first-order valence-corrected chi connectivity index (χ1v) is 11.9. The smallest absolute Gasteiger partial charge is 0.335 e. The van der Waals surface area contributed by atoms with Gasteiger partial charge in [-0.15, -0.1) is 0 Å². The Labute approximate surface area is 217 Å². The van der Waals surface area contributed by atoms with Crippen LogP contribution in [0.3, 0.4) is 0 Å². The maximum atomic E-state index is 14.5. The first kappa shape index (κ1) is 27.6. The quantitative estimate of drug-likeness (QED) is 0.391. The van der Waals surface area contributed by atoms with Gasteiger partial charge in [-0.1, -0.05) is 23.7 Å². The second-order valence-corrected chi connectivity index (χ2v) is 8.73. The molecule has 1 aromatic heterocycles. The van der Waals surface area contributed by atoms with Gasteiger partial charge in [0.05, 0.1) is 24.9 Å². The summed E-state index contributed by atoms with van der Waals surface area (Å²) in [7, 11) is 1.58. The highest BCUT2D eigenvalue weighted by Gasteiger charge is 2.13. The number of amides is 1. The summed E-state index contributed by atoms with van der Waals surface area (Å²) >= 11 is 5.98. The van der Waals surface area contributed by atoms with Gasteiger partial charge in [0, 0.05) is 37.3 Å². The van der Waals surface area contributed by atoms with E-state index in [1.807, 2.05) is 0 Å². The van der Waals surface area contributed by atoms with E-state index in [0.29, 0.717) is 10.6 Å². The zero-order valence-corrected chi connectivity index (χ0v) is 21.5. The van der Waals surface area contributed by atoms with Gasteiger partial charge in [-0.05, 0) is 43.7 Å². The van der Waals surface area contributed by atoms with Crippen LogP contribution >= 0.6 is 11.6 Å². The van der Waals surface area contributed by atoms with Crippen LogP contribution in [0.2, 0.25) is 5.02 Å². The van der Waals surface area contributed by atoms with Crippen LogP contribution in [0.1, 0.15) is 25.8 Å². The number of hydrogen-bond acceptors (Lipinski definition) is 6. The van der Waals surface area contributed by atoms with Crippen molar-refractivity contribution in [3.8, 4) is 5.75 Å². The molecule has 0 radical (unpaired) electrons. The van der Waals surface area contributed by atoms with Gasteiger partial charge < -0.3 is 10.1 Å². The second-order valence-electron chi connectivity index (χ2n) is 8.29. The molecule has 3 rings (SSSR count). The van der Waals surface area contributed by atoms with E-state index in [1.165, 1.54) is 22.9 Å². The molecule has 0 atom stereocenters. The van der Waals surface area contributed by atoms with E-state index in [0.717, 1.165) is 10.6 Å². The molecular formula is C25H28ClFN6O4. The predicted molar refractivity (Wildman–Crippen MR) is 139 cm³/mol. The van der Waals surface area contributed by atoms with Crippen molar-refractivity contribution in [2.45, 2.75) is 39.5 Å². The lowest BCUT2D eigenvalue weighted by Crippen LogP contribution is -2.50. The number of hydrogen-bond donors (Lipinski definition) is 2. The molecule has 0 aliphatic rings. The maximum Gasteiger partial charge on any atom is 0.335 e. The van der Waals surface area contributed by atoms with Crippen molar-refractivity contribution in [3.63, 3.8) is 0 Å². The van der Waals surface area contributed by atoms with Gasteiger partial charge in [0.1, 0.15) is 0 Å². The second kappa shape index (κ2) is 12.8. The standard InChI is InChI=1S/C25H28ClFN6O4/c1-16(2)37-21-9-8-19(14-20(21)27)30-23-31-24(35)32(13-10-22(34)29-12-11-28-3)25(36)33(23)15-17-4-6-18(26)7-5-17/h4-9,11,14,16H,10,12-13,15H2,1-3H3,(H,29,34)(H,30,31,35)/b28-11-. The Hall–Kier alpha value is -3.99. The average molecular weight is 531 g/mol. The van der Waals surface area contributed by atoms with Crippen LogP contribution in [0.5, 0.6) is 5.75 Å². The summed E-state index contributed by atoms with van der Waals surface area (Å²) in [5.41, 5.74) is -0.630. The number of nitrogens with one attached hydrogen (secondary N) is 2. The first-order valence-electron chi connectivity index (χ1n) is 11.5. The summed E-state index contributed by atoms with van der Waals surface area (Å²) in [6.07, 6.45) is 1.21. The van der Waals surface area contributed by atoms with Crippen molar-refractivity contribution in [1.82, 2.24) is 19.4 Å². The molecule has 2 aromatic carbocycles. The number of halogens is 2. The Balaban J connectivity index is 2.03. The molecule has 0 saturated carbocycles. The van der Waals surface area contributed by atoms with E-state index in [1.54, 1.807) is 45.2 Å². The largest absolute Gasteiger partial charge is 0.488 e. The van der Waals surface area contributed by atoms with Gasteiger partial charge in [0.25, 0.3) is 0 Å². The van der Waals surface area contributed by atoms with Gasteiger partial charge in [-0.3, -0.25) is 19.3 Å². The third kappa shape index (κ3) is 7.74. The molecule has 0 fully saturated rings. The average Bonchev–Trinajstić information content (AvgIpc) is 2.84. The molecule has 37 heavy (non-hydrogen) atoms. The fourth-order valence-electron chi connectivity index (χ4n) is 3.34. The summed E-state index contributed by atoms with van der Waals surface area (Å²) in [5.74, 6) is -0.909. The van der Waals surface area contributed by atoms with Crippen molar-refractivity contribution >= 4 is 29.4 Å². The number of ether oxygens (including phenoxy) is 1. The van der Waals surface area contributed by atoms with Gasteiger partial charge in [-0.2, -0.15) is 0 Å². The lowest BCUT2D eigenvalue weighted by molar-refractivity contribution is -0.121. The summed E-state index contributed by atoms with van der Waals surface area (Å²) in [5, 5.41) is 3.14. The number of aromatic nitrogens is 3. The van der Waals surface area contributed by atoms with Crippen LogP contribution in [0.25, 0.3) is 0 Å². The van der Waals surface area contributed by atoms with Crippen LogP contribution in [-0.2, 0) is 17.9 Å². The number of H-pyrrole nitrogens is 1. The molecule has 1 amide bonds. The Morgan fingerprint density at radius 1 is 1.19 bits per heavy atom. The van der Waals surface area contributed by atoms with Crippen molar-refractivity contribution in [3.05, 3.63) is 85.5 Å². The number of benzene rings is 2. The topological polar surface area (TPSA) is 123 Å².